The van der Waals surface area contributed by atoms with Crippen LogP contribution in [0.3, 0.4) is 0 Å². The molecule has 1 aromatic heterocycles. The molecule has 8 heteroatoms. The van der Waals surface area contributed by atoms with E-state index in [1.54, 1.807) is 60.8 Å². The van der Waals surface area contributed by atoms with Gasteiger partial charge in [-0.3, -0.25) is 5.43 Å². The first-order valence-corrected chi connectivity index (χ1v) is 9.68. The van der Waals surface area contributed by atoms with Gasteiger partial charge in [-0.05, 0) is 36.4 Å². The standard InChI is InChI=1S/C22H18ClFN4O2/c23-20-9-6-15(11-26-20)13-29-18-3-1-2-17(21(18)24)22-19(12-27-28-22)30-16-7-4-14(10-25)5-8-16/h1-9,11,19,22,27-28H,12-13H2. The van der Waals surface area contributed by atoms with Crippen LogP contribution in [0.25, 0.3) is 0 Å². The number of hydrogen-bond acceptors (Lipinski definition) is 6. The molecule has 1 aliphatic rings. The maximum Gasteiger partial charge on any atom is 0.170 e. The van der Waals surface area contributed by atoms with Gasteiger partial charge in [0, 0.05) is 23.9 Å². The van der Waals surface area contributed by atoms with E-state index in [1.165, 1.54) is 0 Å². The van der Waals surface area contributed by atoms with Crippen LogP contribution in [0.2, 0.25) is 5.15 Å². The van der Waals surface area contributed by atoms with Crippen LogP contribution < -0.4 is 20.3 Å². The number of ether oxygens (including phenoxy) is 2. The van der Waals surface area contributed by atoms with E-state index in [1.807, 2.05) is 0 Å². The van der Waals surface area contributed by atoms with E-state index in [4.69, 9.17) is 26.3 Å². The summed E-state index contributed by atoms with van der Waals surface area (Å²) in [6, 6.07) is 16.9. The van der Waals surface area contributed by atoms with Crippen molar-refractivity contribution in [2.75, 3.05) is 6.54 Å². The SMILES string of the molecule is N#Cc1ccc(OC2CNNC2c2cccc(OCc3ccc(Cl)nc3)c2F)cc1. The van der Waals surface area contributed by atoms with Gasteiger partial charge in [-0.15, -0.1) is 0 Å². The summed E-state index contributed by atoms with van der Waals surface area (Å²) < 4.78 is 26.9. The van der Waals surface area contributed by atoms with E-state index >= 15 is 4.39 Å². The first-order chi connectivity index (χ1) is 14.6. The molecule has 6 nitrogen and oxygen atoms in total. The molecule has 30 heavy (non-hydrogen) atoms. The summed E-state index contributed by atoms with van der Waals surface area (Å²) in [5.74, 6) is 0.305. The lowest BCUT2D eigenvalue weighted by molar-refractivity contribution is 0.194. The maximum absolute atomic E-state index is 15.2. The second kappa shape index (κ2) is 9.09. The zero-order valence-electron chi connectivity index (χ0n) is 15.8. The lowest BCUT2D eigenvalue weighted by atomic mass is 10.0. The summed E-state index contributed by atoms with van der Waals surface area (Å²) in [4.78, 5) is 3.99. The quantitative estimate of drug-likeness (QED) is 0.584. The van der Waals surface area contributed by atoms with Gasteiger partial charge in [0.25, 0.3) is 0 Å². The number of pyridine rings is 1. The second-order valence-corrected chi connectivity index (χ2v) is 7.12. The van der Waals surface area contributed by atoms with Crippen LogP contribution in [0, 0.1) is 17.1 Å². The second-order valence-electron chi connectivity index (χ2n) is 6.73. The van der Waals surface area contributed by atoms with Gasteiger partial charge in [0.15, 0.2) is 11.6 Å². The van der Waals surface area contributed by atoms with Crippen LogP contribution in [-0.4, -0.2) is 17.6 Å². The third kappa shape index (κ3) is 4.52. The van der Waals surface area contributed by atoms with Gasteiger partial charge < -0.3 is 9.47 Å². The van der Waals surface area contributed by atoms with Gasteiger partial charge in [0.1, 0.15) is 23.6 Å². The number of hydrazine groups is 1. The van der Waals surface area contributed by atoms with Crippen molar-refractivity contribution in [2.24, 2.45) is 0 Å². The number of benzene rings is 2. The Morgan fingerprint density at radius 1 is 1.17 bits per heavy atom. The van der Waals surface area contributed by atoms with Crippen LogP contribution in [0.5, 0.6) is 11.5 Å². The third-order valence-corrected chi connectivity index (χ3v) is 4.94. The zero-order valence-corrected chi connectivity index (χ0v) is 16.6. The molecular weight excluding hydrogens is 407 g/mol. The summed E-state index contributed by atoms with van der Waals surface area (Å²) in [6.45, 7) is 0.664. The number of hydrogen-bond donors (Lipinski definition) is 2. The Kier molecular flexibility index (Phi) is 6.10. The van der Waals surface area contributed by atoms with Crippen LogP contribution in [0.4, 0.5) is 4.39 Å². The maximum atomic E-state index is 15.2. The number of nitrogens with zero attached hydrogens (tertiary/aromatic N) is 2. The highest BCUT2D eigenvalue weighted by Crippen LogP contribution is 2.31. The summed E-state index contributed by atoms with van der Waals surface area (Å²) in [5, 5.41) is 9.30. The molecule has 0 radical (unpaired) electrons. The molecule has 1 fully saturated rings. The molecule has 2 N–H and O–H groups in total. The Bertz CT molecular complexity index is 1050. The molecule has 0 saturated carbocycles. The topological polar surface area (TPSA) is 79.2 Å². The van der Waals surface area contributed by atoms with E-state index in [0.717, 1.165) is 5.56 Å². The van der Waals surface area contributed by atoms with Crippen molar-refractivity contribution in [3.63, 3.8) is 0 Å². The lowest BCUT2D eigenvalue weighted by Gasteiger charge is -2.21. The highest BCUT2D eigenvalue weighted by molar-refractivity contribution is 6.29. The molecule has 2 aromatic carbocycles. The van der Waals surface area contributed by atoms with E-state index in [-0.39, 0.29) is 18.5 Å². The lowest BCUT2D eigenvalue weighted by Crippen LogP contribution is -2.29. The molecule has 2 atom stereocenters. The molecule has 2 heterocycles. The monoisotopic (exact) mass is 424 g/mol. The first kappa shape index (κ1) is 20.1. The van der Waals surface area contributed by atoms with Crippen molar-refractivity contribution in [3.05, 3.63) is 88.5 Å². The Labute approximate surface area is 178 Å². The molecule has 1 aliphatic heterocycles. The van der Waals surface area contributed by atoms with Gasteiger partial charge in [0.05, 0.1) is 17.7 Å². The molecule has 3 aromatic rings. The third-order valence-electron chi connectivity index (χ3n) is 4.71. The van der Waals surface area contributed by atoms with Crippen molar-refractivity contribution in [3.8, 4) is 17.6 Å². The van der Waals surface area contributed by atoms with Crippen molar-refractivity contribution < 1.29 is 13.9 Å². The largest absolute Gasteiger partial charge is 0.487 e. The minimum Gasteiger partial charge on any atom is -0.487 e. The summed E-state index contributed by atoms with van der Waals surface area (Å²) in [5.41, 5.74) is 7.85. The predicted octanol–water partition coefficient (Wildman–Crippen LogP) is 3.92. The van der Waals surface area contributed by atoms with E-state index in [9.17, 15) is 0 Å². The molecular formula is C22H18ClFN4O2. The molecule has 0 aliphatic carbocycles. The molecule has 4 rings (SSSR count). The Balaban J connectivity index is 1.48. The number of aromatic nitrogens is 1. The van der Waals surface area contributed by atoms with Gasteiger partial charge in [-0.2, -0.15) is 5.26 Å². The average Bonchev–Trinajstić information content (AvgIpc) is 3.22. The first-order valence-electron chi connectivity index (χ1n) is 9.31. The summed E-state index contributed by atoms with van der Waals surface area (Å²) in [7, 11) is 0. The van der Waals surface area contributed by atoms with Crippen LogP contribution in [0.1, 0.15) is 22.7 Å². The average molecular weight is 425 g/mol. The van der Waals surface area contributed by atoms with Crippen molar-refractivity contribution >= 4 is 11.6 Å². The molecule has 1 saturated heterocycles. The highest BCUT2D eigenvalue weighted by Gasteiger charge is 2.33. The number of halogens is 2. The smallest absolute Gasteiger partial charge is 0.170 e. The molecule has 0 spiro atoms. The Hall–Kier alpha value is -3.18. The fraction of sp³-hybridized carbons (Fsp3) is 0.182. The number of nitrogens with one attached hydrogen (secondary N) is 2. The van der Waals surface area contributed by atoms with Crippen LogP contribution in [-0.2, 0) is 6.61 Å². The van der Waals surface area contributed by atoms with Crippen LogP contribution >= 0.6 is 11.6 Å². The van der Waals surface area contributed by atoms with Gasteiger partial charge in [-0.1, -0.05) is 29.8 Å². The minimum atomic E-state index is -0.450. The summed E-state index contributed by atoms with van der Waals surface area (Å²) >= 11 is 5.78. The van der Waals surface area contributed by atoms with Gasteiger partial charge >= 0.3 is 0 Å². The van der Waals surface area contributed by atoms with Crippen molar-refractivity contribution in [2.45, 2.75) is 18.8 Å². The van der Waals surface area contributed by atoms with E-state index in [2.05, 4.69) is 21.9 Å². The Morgan fingerprint density at radius 2 is 2.00 bits per heavy atom. The fourth-order valence-electron chi connectivity index (χ4n) is 3.18. The molecule has 0 bridgehead atoms. The predicted molar refractivity (Wildman–Crippen MR) is 109 cm³/mol. The highest BCUT2D eigenvalue weighted by atomic mass is 35.5. The van der Waals surface area contributed by atoms with Crippen LogP contribution in [0.15, 0.2) is 60.8 Å². The van der Waals surface area contributed by atoms with Crippen molar-refractivity contribution in [1.29, 1.82) is 5.26 Å². The number of nitriles is 1. The van der Waals surface area contributed by atoms with Gasteiger partial charge in [0.2, 0.25) is 0 Å². The fourth-order valence-corrected chi connectivity index (χ4v) is 3.29. The molecule has 2 unspecified atom stereocenters. The number of rotatable bonds is 6. The normalized spacial score (nSPS) is 18.0. The van der Waals surface area contributed by atoms with Gasteiger partial charge in [-0.25, -0.2) is 14.8 Å². The minimum absolute atomic E-state index is 0.147. The van der Waals surface area contributed by atoms with E-state index in [0.29, 0.717) is 28.6 Å². The molecule has 152 valence electrons. The van der Waals surface area contributed by atoms with Crippen molar-refractivity contribution in [1.82, 2.24) is 15.8 Å². The van der Waals surface area contributed by atoms with E-state index < -0.39 is 11.9 Å². The summed E-state index contributed by atoms with van der Waals surface area (Å²) in [6.07, 6.45) is 1.25. The zero-order chi connectivity index (χ0) is 20.9. The Morgan fingerprint density at radius 3 is 2.73 bits per heavy atom. The molecule has 0 amide bonds.